The molecule has 0 unspecified atom stereocenters. The Balaban J connectivity index is 3.31. The fourth-order valence-electron chi connectivity index (χ4n) is 0.866. The summed E-state index contributed by atoms with van der Waals surface area (Å²) in [7, 11) is -0.764. The van der Waals surface area contributed by atoms with Gasteiger partial charge in [-0.3, -0.25) is 0 Å². The molecule has 0 aromatic rings. The average molecular weight is 146 g/mol. The maximum atomic E-state index is 5.69. The Hall–Kier alpha value is 0.177. The third-order valence-corrected chi connectivity index (χ3v) is 2.30. The summed E-state index contributed by atoms with van der Waals surface area (Å²) in [5.41, 5.74) is 0. The number of hydrogen-bond donors (Lipinski definition) is 0. The second-order valence-electron chi connectivity index (χ2n) is 2.62. The average Bonchev–Trinajstić information content (AvgIpc) is 1.82. The lowest BCUT2D eigenvalue weighted by Gasteiger charge is -2.16. The zero-order valence-corrected chi connectivity index (χ0v) is 8.13. The SMILES string of the molecule is CCC(CC)O[SiH](C)C. The van der Waals surface area contributed by atoms with Crippen LogP contribution in [-0.4, -0.2) is 15.1 Å². The molecule has 9 heavy (non-hydrogen) atoms. The second-order valence-corrected chi connectivity index (χ2v) is 4.99. The van der Waals surface area contributed by atoms with Gasteiger partial charge in [-0.2, -0.15) is 0 Å². The van der Waals surface area contributed by atoms with Crippen LogP contribution < -0.4 is 0 Å². The molecule has 0 aromatic carbocycles. The van der Waals surface area contributed by atoms with Crippen LogP contribution in [0.2, 0.25) is 13.1 Å². The van der Waals surface area contributed by atoms with Crippen LogP contribution in [0.1, 0.15) is 26.7 Å². The van der Waals surface area contributed by atoms with Gasteiger partial charge in [0.05, 0.1) is 0 Å². The van der Waals surface area contributed by atoms with Gasteiger partial charge in [0.1, 0.15) is 0 Å². The highest BCUT2D eigenvalue weighted by Crippen LogP contribution is 2.03. The third kappa shape index (κ3) is 4.67. The summed E-state index contributed by atoms with van der Waals surface area (Å²) >= 11 is 0. The predicted octanol–water partition coefficient (Wildman–Crippen LogP) is 2.17. The van der Waals surface area contributed by atoms with Crippen molar-refractivity contribution in [1.29, 1.82) is 0 Å². The Morgan fingerprint density at radius 3 is 1.78 bits per heavy atom. The van der Waals surface area contributed by atoms with Crippen molar-refractivity contribution in [2.45, 2.75) is 45.9 Å². The smallest absolute Gasteiger partial charge is 0.171 e. The van der Waals surface area contributed by atoms with Gasteiger partial charge < -0.3 is 4.43 Å². The van der Waals surface area contributed by atoms with Gasteiger partial charge in [-0.05, 0) is 25.9 Å². The van der Waals surface area contributed by atoms with Crippen molar-refractivity contribution >= 4 is 9.04 Å². The van der Waals surface area contributed by atoms with E-state index in [0.29, 0.717) is 6.10 Å². The van der Waals surface area contributed by atoms with Gasteiger partial charge in [-0.25, -0.2) is 0 Å². The first-order valence-corrected chi connectivity index (χ1v) is 6.64. The lowest BCUT2D eigenvalue weighted by molar-refractivity contribution is 0.195. The van der Waals surface area contributed by atoms with Crippen molar-refractivity contribution in [2.75, 3.05) is 0 Å². The molecule has 0 aliphatic carbocycles. The van der Waals surface area contributed by atoms with Gasteiger partial charge in [0.15, 0.2) is 9.04 Å². The highest BCUT2D eigenvalue weighted by Gasteiger charge is 2.04. The molecule has 0 aromatic heterocycles. The van der Waals surface area contributed by atoms with Crippen molar-refractivity contribution in [3.05, 3.63) is 0 Å². The quantitative estimate of drug-likeness (QED) is 0.552. The van der Waals surface area contributed by atoms with Crippen molar-refractivity contribution < 1.29 is 4.43 Å². The second kappa shape index (κ2) is 5.00. The molecule has 0 rings (SSSR count). The predicted molar refractivity (Wildman–Crippen MR) is 44.3 cm³/mol. The summed E-state index contributed by atoms with van der Waals surface area (Å²) in [5.74, 6) is 0. The molecular weight excluding hydrogens is 128 g/mol. The molecule has 2 heteroatoms. The van der Waals surface area contributed by atoms with Crippen LogP contribution in [0.25, 0.3) is 0 Å². The molecule has 0 bridgehead atoms. The Morgan fingerprint density at radius 2 is 1.67 bits per heavy atom. The summed E-state index contributed by atoms with van der Waals surface area (Å²) in [5, 5.41) is 0. The zero-order chi connectivity index (χ0) is 7.28. The number of hydrogen-bond acceptors (Lipinski definition) is 1. The Kier molecular flexibility index (Phi) is 5.10. The van der Waals surface area contributed by atoms with Crippen LogP contribution in [0, 0.1) is 0 Å². The summed E-state index contributed by atoms with van der Waals surface area (Å²) in [6.07, 6.45) is 2.88. The van der Waals surface area contributed by atoms with Crippen molar-refractivity contribution in [2.24, 2.45) is 0 Å². The van der Waals surface area contributed by atoms with E-state index in [9.17, 15) is 0 Å². The van der Waals surface area contributed by atoms with Crippen LogP contribution in [-0.2, 0) is 4.43 Å². The van der Waals surface area contributed by atoms with Crippen LogP contribution >= 0.6 is 0 Å². The molecule has 56 valence electrons. The van der Waals surface area contributed by atoms with E-state index in [2.05, 4.69) is 26.9 Å². The normalized spacial score (nSPS) is 11.3. The van der Waals surface area contributed by atoms with Crippen molar-refractivity contribution in [3.8, 4) is 0 Å². The van der Waals surface area contributed by atoms with Crippen LogP contribution in [0.3, 0.4) is 0 Å². The molecular formula is C7H18OSi. The summed E-state index contributed by atoms with van der Waals surface area (Å²) in [6, 6.07) is 0. The molecule has 0 N–H and O–H groups in total. The fourth-order valence-corrected chi connectivity index (χ4v) is 2.02. The van der Waals surface area contributed by atoms with E-state index in [1.807, 2.05) is 0 Å². The summed E-state index contributed by atoms with van der Waals surface area (Å²) in [4.78, 5) is 0. The standard InChI is InChI=1S/C7H18OSi/c1-5-7(6-2)8-9(3)4/h7,9H,5-6H2,1-4H3. The molecule has 1 nitrogen and oxygen atoms in total. The number of rotatable bonds is 4. The first-order chi connectivity index (χ1) is 4.20. The lowest BCUT2D eigenvalue weighted by Crippen LogP contribution is -2.18. The van der Waals surface area contributed by atoms with E-state index in [0.717, 1.165) is 0 Å². The minimum atomic E-state index is -0.764. The first kappa shape index (κ1) is 9.18. The highest BCUT2D eigenvalue weighted by molar-refractivity contribution is 6.48. The van der Waals surface area contributed by atoms with Crippen LogP contribution in [0.15, 0.2) is 0 Å². The van der Waals surface area contributed by atoms with Gasteiger partial charge >= 0.3 is 0 Å². The topological polar surface area (TPSA) is 9.23 Å². The highest BCUT2D eigenvalue weighted by atomic mass is 28.3. The molecule has 0 radical (unpaired) electrons. The molecule has 0 spiro atoms. The van der Waals surface area contributed by atoms with Gasteiger partial charge in [-0.1, -0.05) is 13.8 Å². The van der Waals surface area contributed by atoms with E-state index in [1.54, 1.807) is 0 Å². The Labute approximate surface area is 60.1 Å². The maximum absolute atomic E-state index is 5.69. The minimum Gasteiger partial charge on any atom is -0.418 e. The molecule has 0 saturated carbocycles. The summed E-state index contributed by atoms with van der Waals surface area (Å²) < 4.78 is 5.69. The van der Waals surface area contributed by atoms with Crippen molar-refractivity contribution in [3.63, 3.8) is 0 Å². The molecule has 0 fully saturated rings. The van der Waals surface area contributed by atoms with E-state index < -0.39 is 9.04 Å². The van der Waals surface area contributed by atoms with Gasteiger partial charge in [0.2, 0.25) is 0 Å². The van der Waals surface area contributed by atoms with Gasteiger partial charge in [0, 0.05) is 6.10 Å². The molecule has 0 amide bonds. The van der Waals surface area contributed by atoms with Gasteiger partial charge in [0.25, 0.3) is 0 Å². The molecule has 0 aliphatic rings. The largest absolute Gasteiger partial charge is 0.418 e. The molecule has 0 atom stereocenters. The first-order valence-electron chi connectivity index (χ1n) is 3.86. The molecule has 0 saturated heterocycles. The van der Waals surface area contributed by atoms with E-state index >= 15 is 0 Å². The third-order valence-electron chi connectivity index (χ3n) is 1.38. The van der Waals surface area contributed by atoms with Crippen LogP contribution in [0.4, 0.5) is 0 Å². The zero-order valence-electron chi connectivity index (χ0n) is 6.98. The lowest BCUT2D eigenvalue weighted by atomic mass is 10.2. The van der Waals surface area contributed by atoms with Gasteiger partial charge in [-0.15, -0.1) is 0 Å². The van der Waals surface area contributed by atoms with Crippen molar-refractivity contribution in [1.82, 2.24) is 0 Å². The van der Waals surface area contributed by atoms with Crippen LogP contribution in [0.5, 0.6) is 0 Å². The monoisotopic (exact) mass is 146 g/mol. The summed E-state index contributed by atoms with van der Waals surface area (Å²) in [6.45, 7) is 8.81. The minimum absolute atomic E-state index is 0.539. The Morgan fingerprint density at radius 1 is 1.22 bits per heavy atom. The molecule has 0 heterocycles. The molecule has 0 aliphatic heterocycles. The Bertz CT molecular complexity index is 59.9. The maximum Gasteiger partial charge on any atom is 0.171 e. The fraction of sp³-hybridized carbons (Fsp3) is 1.00. The van der Waals surface area contributed by atoms with E-state index in [-0.39, 0.29) is 0 Å². The van der Waals surface area contributed by atoms with E-state index in [1.165, 1.54) is 12.8 Å². The van der Waals surface area contributed by atoms with E-state index in [4.69, 9.17) is 4.43 Å².